The molecule has 0 aliphatic carbocycles. The molecule has 0 bridgehead atoms. The second-order valence-electron chi connectivity index (χ2n) is 0.509. The molecule has 0 heterocycles. The summed E-state index contributed by atoms with van der Waals surface area (Å²) in [4.78, 5) is 0. The molecule has 0 aromatic carbocycles. The molecule has 0 unspecified atom stereocenters. The molecule has 0 rings (SSSR count). The third kappa shape index (κ3) is 66.1. The first-order valence-corrected chi connectivity index (χ1v) is 9.15. The molecule has 0 spiro atoms. The molecule has 0 radical (unpaired) electrons. The van der Waals surface area contributed by atoms with E-state index in [1.165, 1.54) is 0 Å². The molecule has 0 aliphatic heterocycles. The Hall–Kier alpha value is 1.16. The fourth-order valence-corrected chi connectivity index (χ4v) is 0. The fraction of sp³-hybridized carbons (Fsp3) is 1.00. The molecule has 4 heteroatoms. The van der Waals surface area contributed by atoms with Crippen LogP contribution in [0.3, 0.4) is 0 Å². The molecule has 0 N–H and O–H groups in total. The number of hydrogen-bond acceptors (Lipinski definition) is 1. The summed E-state index contributed by atoms with van der Waals surface area (Å²) in [7, 11) is 13.2. The van der Waals surface area contributed by atoms with Crippen molar-refractivity contribution in [3.05, 3.63) is 0 Å². The van der Waals surface area contributed by atoms with Gasteiger partial charge in [0.1, 0.15) is 0 Å². The van der Waals surface area contributed by atoms with E-state index in [1.54, 1.807) is 14.2 Å². The van der Waals surface area contributed by atoms with E-state index in [0.717, 1.165) is 0 Å². The van der Waals surface area contributed by atoms with Crippen molar-refractivity contribution >= 4 is 19.4 Å². The van der Waals surface area contributed by atoms with Gasteiger partial charge in [-0.2, -0.15) is 0 Å². The van der Waals surface area contributed by atoms with Crippen LogP contribution in [0.5, 0.6) is 0 Å². The van der Waals surface area contributed by atoms with Crippen LogP contribution in [-0.2, 0) is 19.9 Å². The Balaban J connectivity index is 0. The molecule has 6 heavy (non-hydrogen) atoms. The zero-order valence-corrected chi connectivity index (χ0v) is 8.35. The van der Waals surface area contributed by atoms with Crippen molar-refractivity contribution in [3.8, 4) is 0 Å². The van der Waals surface area contributed by atoms with Gasteiger partial charge in [-0.25, -0.2) is 0 Å². The van der Waals surface area contributed by atoms with Gasteiger partial charge in [-0.05, 0) is 0 Å². The molecule has 36 valence electrons. The topological polar surface area (TPSA) is 9.23 Å². The summed E-state index contributed by atoms with van der Waals surface area (Å²) >= 11 is -0.931. The van der Waals surface area contributed by atoms with Gasteiger partial charge in [-0.3, -0.25) is 0 Å². The van der Waals surface area contributed by atoms with E-state index in [4.69, 9.17) is 19.4 Å². The fourth-order valence-electron chi connectivity index (χ4n) is 0. The SMILES string of the molecule is COC.[Cl][Zn][Cl]. The number of ether oxygens (including phenoxy) is 1. The molecular formula is C2H6Cl2OZn. The second kappa shape index (κ2) is 16.4. The Kier molecular flexibility index (Phi) is 27.9. The molecule has 0 saturated carbocycles. The molecule has 0 aromatic rings. The minimum absolute atomic E-state index is 0.931. The molecule has 0 amide bonds. The van der Waals surface area contributed by atoms with Crippen molar-refractivity contribution in [3.63, 3.8) is 0 Å². The number of methoxy groups -OCH3 is 1. The Morgan fingerprint density at radius 3 is 1.33 bits per heavy atom. The van der Waals surface area contributed by atoms with Gasteiger partial charge in [0, 0.05) is 14.2 Å². The van der Waals surface area contributed by atoms with Crippen molar-refractivity contribution in [2.24, 2.45) is 0 Å². The van der Waals surface area contributed by atoms with Crippen LogP contribution in [0.2, 0.25) is 0 Å². The third-order valence-corrected chi connectivity index (χ3v) is 0. The quantitative estimate of drug-likeness (QED) is 0.518. The first kappa shape index (κ1) is 10.2. The van der Waals surface area contributed by atoms with E-state index >= 15 is 0 Å². The normalized spacial score (nSPS) is 4.67. The van der Waals surface area contributed by atoms with Gasteiger partial charge in [0.15, 0.2) is 0 Å². The van der Waals surface area contributed by atoms with E-state index in [0.29, 0.717) is 0 Å². The average molecular weight is 182 g/mol. The Morgan fingerprint density at radius 1 is 1.33 bits per heavy atom. The van der Waals surface area contributed by atoms with Gasteiger partial charge in [0.05, 0.1) is 0 Å². The standard InChI is InChI=1S/C2H6O.2ClH.Zn/c1-3-2;;;/h1-2H3;2*1H;/q;;;+2/p-2. The number of hydrogen-bond donors (Lipinski definition) is 0. The second-order valence-corrected chi connectivity index (χ2v) is 5.13. The van der Waals surface area contributed by atoms with Gasteiger partial charge >= 0.3 is 34.5 Å². The van der Waals surface area contributed by atoms with Crippen LogP contribution >= 0.6 is 19.4 Å². The molecular weight excluding hydrogens is 176 g/mol. The van der Waals surface area contributed by atoms with Crippen LogP contribution in [-0.4, -0.2) is 14.2 Å². The van der Waals surface area contributed by atoms with Crippen LogP contribution in [0.4, 0.5) is 0 Å². The Morgan fingerprint density at radius 2 is 1.33 bits per heavy atom. The van der Waals surface area contributed by atoms with Crippen LogP contribution in [0.15, 0.2) is 0 Å². The van der Waals surface area contributed by atoms with Crippen molar-refractivity contribution in [2.75, 3.05) is 14.2 Å². The summed E-state index contributed by atoms with van der Waals surface area (Å²) in [5.41, 5.74) is 0. The number of halogens is 2. The first-order valence-electron chi connectivity index (χ1n) is 1.35. The van der Waals surface area contributed by atoms with Gasteiger partial charge < -0.3 is 4.74 Å². The monoisotopic (exact) mass is 180 g/mol. The minimum atomic E-state index is -0.931. The average Bonchev–Trinajstić information content (AvgIpc) is 1.39. The van der Waals surface area contributed by atoms with Crippen LogP contribution < -0.4 is 0 Å². The van der Waals surface area contributed by atoms with Crippen molar-refractivity contribution in [1.82, 2.24) is 0 Å². The van der Waals surface area contributed by atoms with E-state index in [2.05, 4.69) is 4.74 Å². The third-order valence-electron chi connectivity index (χ3n) is 0. The number of rotatable bonds is 0. The van der Waals surface area contributed by atoms with Crippen molar-refractivity contribution in [2.45, 2.75) is 0 Å². The van der Waals surface area contributed by atoms with Gasteiger partial charge in [0.25, 0.3) is 0 Å². The van der Waals surface area contributed by atoms with Gasteiger partial charge in [-0.1, -0.05) is 0 Å². The summed E-state index contributed by atoms with van der Waals surface area (Å²) in [6, 6.07) is 0. The van der Waals surface area contributed by atoms with Crippen LogP contribution in [0.25, 0.3) is 0 Å². The molecule has 1 nitrogen and oxygen atoms in total. The summed E-state index contributed by atoms with van der Waals surface area (Å²) < 4.78 is 4.25. The molecule has 0 aromatic heterocycles. The zero-order chi connectivity index (χ0) is 5.41. The van der Waals surface area contributed by atoms with Crippen molar-refractivity contribution < 1.29 is 19.9 Å². The van der Waals surface area contributed by atoms with E-state index < -0.39 is 15.1 Å². The Labute approximate surface area is 53.6 Å². The predicted molar refractivity (Wildman–Crippen MR) is 24.6 cm³/mol. The molecule has 0 saturated heterocycles. The van der Waals surface area contributed by atoms with Gasteiger partial charge in [-0.15, -0.1) is 0 Å². The molecule has 0 atom stereocenters. The maximum atomic E-state index is 4.95. The molecule has 0 aliphatic rings. The summed E-state index contributed by atoms with van der Waals surface area (Å²) in [5, 5.41) is 0. The van der Waals surface area contributed by atoms with Crippen molar-refractivity contribution in [1.29, 1.82) is 0 Å². The first-order chi connectivity index (χ1) is 2.83. The summed E-state index contributed by atoms with van der Waals surface area (Å²) in [6.07, 6.45) is 0. The molecule has 0 fully saturated rings. The predicted octanol–water partition coefficient (Wildman–Crippen LogP) is 1.64. The van der Waals surface area contributed by atoms with E-state index in [1.807, 2.05) is 0 Å². The zero-order valence-electron chi connectivity index (χ0n) is 3.87. The summed E-state index contributed by atoms with van der Waals surface area (Å²) in [5.74, 6) is 0. The van der Waals surface area contributed by atoms with Crippen LogP contribution in [0.1, 0.15) is 0 Å². The Bertz CT molecular complexity index is 13.5. The summed E-state index contributed by atoms with van der Waals surface area (Å²) in [6.45, 7) is 0. The van der Waals surface area contributed by atoms with Gasteiger partial charge in [0.2, 0.25) is 0 Å². The maximum absolute atomic E-state index is 4.95. The van der Waals surface area contributed by atoms with E-state index in [9.17, 15) is 0 Å². The van der Waals surface area contributed by atoms with Crippen LogP contribution in [0, 0.1) is 0 Å². The van der Waals surface area contributed by atoms with E-state index in [-0.39, 0.29) is 0 Å².